The van der Waals surface area contributed by atoms with Gasteiger partial charge in [-0.05, 0) is 0 Å². The van der Waals surface area contributed by atoms with Crippen LogP contribution in [-0.4, -0.2) is 13.1 Å². The number of carbonyl (C=O) groups excluding carboxylic acids is 1. The fraction of sp³-hybridized carbons (Fsp3) is 0.286. The zero-order valence-electron chi connectivity index (χ0n) is 6.27. The molecule has 0 unspecified atom stereocenters. The van der Waals surface area contributed by atoms with Crippen molar-refractivity contribution in [3.05, 3.63) is 20.8 Å². The van der Waals surface area contributed by atoms with Crippen LogP contribution in [-0.2, 0) is 10.1 Å². The van der Waals surface area contributed by atoms with Gasteiger partial charge >= 0.3 is 5.97 Å². The number of halogens is 2. The first-order valence-electron chi connectivity index (χ1n) is 3.10. The van der Waals surface area contributed by atoms with Crippen molar-refractivity contribution in [2.75, 3.05) is 7.11 Å². The van der Waals surface area contributed by atoms with E-state index in [-0.39, 0.29) is 5.97 Å². The van der Waals surface area contributed by atoms with Crippen LogP contribution in [0.3, 0.4) is 0 Å². The van der Waals surface area contributed by atoms with Gasteiger partial charge in [-0.1, -0.05) is 27.5 Å². The molecule has 0 fully saturated rings. The molecule has 12 heavy (non-hydrogen) atoms. The predicted octanol–water partition coefficient (Wildman–Crippen LogP) is 3.08. The highest BCUT2D eigenvalue weighted by molar-refractivity contribution is 9.08. The standard InChI is InChI=1S/C7H6BrClO2S/c1-11-7(10)6-4(2-8)5(9)3-12-6/h3H,2H2,1H3. The maximum absolute atomic E-state index is 11.1. The Balaban J connectivity index is 3.07. The lowest BCUT2D eigenvalue weighted by atomic mass is 10.3. The van der Waals surface area contributed by atoms with Crippen molar-refractivity contribution in [3.63, 3.8) is 0 Å². The highest BCUT2D eigenvalue weighted by Gasteiger charge is 2.15. The average Bonchev–Trinajstić information content (AvgIpc) is 2.45. The Hall–Kier alpha value is -0.0600. The predicted molar refractivity (Wildman–Crippen MR) is 53.3 cm³/mol. The molecule has 0 N–H and O–H groups in total. The minimum atomic E-state index is -0.332. The minimum absolute atomic E-state index is 0.332. The molecule has 0 spiro atoms. The molecule has 1 aromatic rings. The molecule has 5 heteroatoms. The molecule has 0 radical (unpaired) electrons. The second-order valence-electron chi connectivity index (χ2n) is 2.02. The van der Waals surface area contributed by atoms with Gasteiger partial charge in [-0.15, -0.1) is 11.3 Å². The number of hydrogen-bond acceptors (Lipinski definition) is 3. The number of ether oxygens (including phenoxy) is 1. The van der Waals surface area contributed by atoms with Crippen molar-refractivity contribution in [1.82, 2.24) is 0 Å². The zero-order valence-corrected chi connectivity index (χ0v) is 9.42. The molecular formula is C7H6BrClO2S. The van der Waals surface area contributed by atoms with Crippen LogP contribution in [0, 0.1) is 0 Å². The maximum Gasteiger partial charge on any atom is 0.348 e. The SMILES string of the molecule is COC(=O)c1scc(Cl)c1CBr. The van der Waals surface area contributed by atoms with Gasteiger partial charge < -0.3 is 4.74 Å². The van der Waals surface area contributed by atoms with Gasteiger partial charge in [0.2, 0.25) is 0 Å². The number of thiophene rings is 1. The Morgan fingerprint density at radius 1 is 1.83 bits per heavy atom. The van der Waals surface area contributed by atoms with Crippen molar-refractivity contribution in [2.24, 2.45) is 0 Å². The molecule has 0 bridgehead atoms. The van der Waals surface area contributed by atoms with E-state index in [1.807, 2.05) is 0 Å². The van der Waals surface area contributed by atoms with Gasteiger partial charge in [-0.25, -0.2) is 4.79 Å². The Morgan fingerprint density at radius 2 is 2.50 bits per heavy atom. The summed E-state index contributed by atoms with van der Waals surface area (Å²) in [5.74, 6) is -0.332. The van der Waals surface area contributed by atoms with Crippen molar-refractivity contribution in [2.45, 2.75) is 5.33 Å². The van der Waals surface area contributed by atoms with Gasteiger partial charge in [0.25, 0.3) is 0 Å². The summed E-state index contributed by atoms with van der Waals surface area (Å²) in [6.45, 7) is 0. The topological polar surface area (TPSA) is 26.3 Å². The van der Waals surface area contributed by atoms with Crippen molar-refractivity contribution >= 4 is 44.8 Å². The van der Waals surface area contributed by atoms with E-state index in [4.69, 9.17) is 11.6 Å². The first-order chi connectivity index (χ1) is 5.70. The second-order valence-corrected chi connectivity index (χ2v) is 3.86. The fourth-order valence-corrected chi connectivity index (χ4v) is 2.90. The van der Waals surface area contributed by atoms with E-state index >= 15 is 0 Å². The zero-order chi connectivity index (χ0) is 9.14. The van der Waals surface area contributed by atoms with Gasteiger partial charge in [-0.3, -0.25) is 0 Å². The van der Waals surface area contributed by atoms with Crippen LogP contribution in [0.1, 0.15) is 15.2 Å². The monoisotopic (exact) mass is 268 g/mol. The first kappa shape index (κ1) is 10.0. The van der Waals surface area contributed by atoms with Crippen LogP contribution in [0.25, 0.3) is 0 Å². The summed E-state index contributed by atoms with van der Waals surface area (Å²) in [4.78, 5) is 11.7. The summed E-state index contributed by atoms with van der Waals surface area (Å²) in [6, 6.07) is 0. The second kappa shape index (κ2) is 4.25. The quantitative estimate of drug-likeness (QED) is 0.609. The molecule has 0 saturated carbocycles. The highest BCUT2D eigenvalue weighted by Crippen LogP contribution is 2.29. The van der Waals surface area contributed by atoms with Crippen LogP contribution in [0.2, 0.25) is 5.02 Å². The van der Waals surface area contributed by atoms with Crippen LogP contribution in [0.15, 0.2) is 5.38 Å². The van der Waals surface area contributed by atoms with Gasteiger partial charge in [0.1, 0.15) is 4.88 Å². The Bertz CT molecular complexity index is 298. The van der Waals surface area contributed by atoms with Crippen molar-refractivity contribution in [1.29, 1.82) is 0 Å². The average molecular weight is 270 g/mol. The maximum atomic E-state index is 11.1. The Kier molecular flexibility index (Phi) is 3.55. The van der Waals surface area contributed by atoms with E-state index in [9.17, 15) is 4.79 Å². The smallest absolute Gasteiger partial charge is 0.348 e. The first-order valence-corrected chi connectivity index (χ1v) is 5.48. The molecular weight excluding hydrogens is 263 g/mol. The van der Waals surface area contributed by atoms with Crippen molar-refractivity contribution in [3.8, 4) is 0 Å². The molecule has 66 valence electrons. The number of hydrogen-bond donors (Lipinski definition) is 0. The van der Waals surface area contributed by atoms with Crippen LogP contribution >= 0.6 is 38.9 Å². The lowest BCUT2D eigenvalue weighted by molar-refractivity contribution is 0.0605. The van der Waals surface area contributed by atoms with Crippen LogP contribution in [0.4, 0.5) is 0 Å². The number of carbonyl (C=O) groups is 1. The summed E-state index contributed by atoms with van der Waals surface area (Å²) in [7, 11) is 1.36. The highest BCUT2D eigenvalue weighted by atomic mass is 79.9. The number of alkyl halides is 1. The summed E-state index contributed by atoms with van der Waals surface area (Å²) >= 11 is 10.4. The number of rotatable bonds is 2. The van der Waals surface area contributed by atoms with Crippen molar-refractivity contribution < 1.29 is 9.53 Å². The van der Waals surface area contributed by atoms with E-state index in [0.717, 1.165) is 5.56 Å². The number of methoxy groups -OCH3 is 1. The van der Waals surface area contributed by atoms with E-state index in [2.05, 4.69) is 20.7 Å². The summed E-state index contributed by atoms with van der Waals surface area (Å²) in [6.07, 6.45) is 0. The number of esters is 1. The summed E-state index contributed by atoms with van der Waals surface area (Å²) in [5.41, 5.74) is 0.800. The molecule has 1 heterocycles. The van der Waals surface area contributed by atoms with E-state index < -0.39 is 0 Å². The lowest BCUT2D eigenvalue weighted by Crippen LogP contribution is -2.00. The lowest BCUT2D eigenvalue weighted by Gasteiger charge is -1.97. The molecule has 1 rings (SSSR count). The minimum Gasteiger partial charge on any atom is -0.465 e. The van der Waals surface area contributed by atoms with Gasteiger partial charge in [-0.2, -0.15) is 0 Å². The molecule has 0 saturated heterocycles. The Morgan fingerprint density at radius 3 is 3.00 bits per heavy atom. The molecule has 2 nitrogen and oxygen atoms in total. The molecule has 0 amide bonds. The fourth-order valence-electron chi connectivity index (χ4n) is 0.750. The van der Waals surface area contributed by atoms with Crippen LogP contribution < -0.4 is 0 Å². The molecule has 0 aromatic carbocycles. The van der Waals surface area contributed by atoms with Crippen LogP contribution in [0.5, 0.6) is 0 Å². The Labute approximate surface area is 87.6 Å². The summed E-state index contributed by atoms with van der Waals surface area (Å²) < 4.78 is 4.58. The molecule has 0 aliphatic carbocycles. The summed E-state index contributed by atoms with van der Waals surface area (Å²) in [5, 5.41) is 2.90. The van der Waals surface area contributed by atoms with E-state index in [1.165, 1.54) is 18.4 Å². The van der Waals surface area contributed by atoms with Gasteiger partial charge in [0.15, 0.2) is 0 Å². The molecule has 0 aliphatic heterocycles. The molecule has 1 aromatic heterocycles. The third kappa shape index (κ3) is 1.81. The largest absolute Gasteiger partial charge is 0.465 e. The van der Waals surface area contributed by atoms with Gasteiger partial charge in [0.05, 0.1) is 12.1 Å². The van der Waals surface area contributed by atoms with E-state index in [1.54, 1.807) is 5.38 Å². The molecule has 0 aliphatic rings. The third-order valence-electron chi connectivity index (χ3n) is 1.35. The van der Waals surface area contributed by atoms with E-state index in [0.29, 0.717) is 15.2 Å². The molecule has 0 atom stereocenters. The third-order valence-corrected chi connectivity index (χ3v) is 3.38. The van der Waals surface area contributed by atoms with Gasteiger partial charge in [0, 0.05) is 16.3 Å². The normalized spacial score (nSPS) is 9.92.